The minimum absolute atomic E-state index is 0.208. The summed E-state index contributed by atoms with van der Waals surface area (Å²) in [6.45, 7) is 6.80. The van der Waals surface area contributed by atoms with Gasteiger partial charge in [-0.1, -0.05) is 25.7 Å². The molecule has 0 spiro atoms. The van der Waals surface area contributed by atoms with Crippen LogP contribution in [0.25, 0.3) is 0 Å². The second kappa shape index (κ2) is 6.98. The maximum Gasteiger partial charge on any atom is 0.410 e. The van der Waals surface area contributed by atoms with Gasteiger partial charge in [-0.15, -0.1) is 0 Å². The number of nitrogens with zero attached hydrogens (tertiary/aromatic N) is 1. The number of carbonyl (C=O) groups is 1. The molecule has 1 rings (SSSR count). The highest BCUT2D eigenvalue weighted by molar-refractivity contribution is 5.68. The highest BCUT2D eigenvalue weighted by Crippen LogP contribution is 2.23. The first-order valence-electron chi connectivity index (χ1n) is 7.14. The summed E-state index contributed by atoms with van der Waals surface area (Å²) < 4.78 is 5.48. The van der Waals surface area contributed by atoms with Gasteiger partial charge in [0, 0.05) is 19.1 Å². The highest BCUT2D eigenvalue weighted by atomic mass is 16.6. The summed E-state index contributed by atoms with van der Waals surface area (Å²) in [5.41, 5.74) is 5.19. The molecular weight excluding hydrogens is 228 g/mol. The molecule has 0 saturated heterocycles. The standard InChI is InChI=1S/C14H28N2O2/c1-14(2,3)18-13(17)16(11-10-15)12-8-6-4-5-7-9-12/h12H,4-11,15H2,1-3H3. The average Bonchev–Trinajstić information content (AvgIpc) is 2.51. The van der Waals surface area contributed by atoms with Gasteiger partial charge in [0.05, 0.1) is 0 Å². The quantitative estimate of drug-likeness (QED) is 0.790. The van der Waals surface area contributed by atoms with Gasteiger partial charge in [-0.2, -0.15) is 0 Å². The first-order chi connectivity index (χ1) is 8.44. The molecule has 1 saturated carbocycles. The third kappa shape index (κ3) is 5.25. The molecule has 0 bridgehead atoms. The topological polar surface area (TPSA) is 55.6 Å². The summed E-state index contributed by atoms with van der Waals surface area (Å²) in [5.74, 6) is 0. The molecule has 0 aromatic carbocycles. The predicted molar refractivity (Wildman–Crippen MR) is 73.5 cm³/mol. The normalized spacial score (nSPS) is 18.2. The molecule has 1 fully saturated rings. The van der Waals surface area contributed by atoms with Crippen LogP contribution >= 0.6 is 0 Å². The fraction of sp³-hybridized carbons (Fsp3) is 0.929. The fourth-order valence-electron chi connectivity index (χ4n) is 2.45. The van der Waals surface area contributed by atoms with Crippen LogP contribution in [0.5, 0.6) is 0 Å². The van der Waals surface area contributed by atoms with Crippen molar-refractivity contribution in [1.29, 1.82) is 0 Å². The molecule has 4 nitrogen and oxygen atoms in total. The van der Waals surface area contributed by atoms with E-state index in [0.717, 1.165) is 12.8 Å². The molecule has 0 unspecified atom stereocenters. The Kier molecular flexibility index (Phi) is 5.93. The molecule has 2 N–H and O–H groups in total. The Hall–Kier alpha value is -0.770. The average molecular weight is 256 g/mol. The Bertz CT molecular complexity index is 253. The smallest absolute Gasteiger partial charge is 0.410 e. The molecule has 0 radical (unpaired) electrons. The van der Waals surface area contributed by atoms with E-state index in [1.54, 1.807) is 0 Å². The molecule has 0 heterocycles. The molecule has 0 aromatic rings. The van der Waals surface area contributed by atoms with E-state index in [1.807, 2.05) is 25.7 Å². The first kappa shape index (κ1) is 15.3. The summed E-state index contributed by atoms with van der Waals surface area (Å²) in [6.07, 6.45) is 6.92. The number of hydrogen-bond donors (Lipinski definition) is 1. The van der Waals surface area contributed by atoms with Crippen LogP contribution in [0.1, 0.15) is 59.3 Å². The Morgan fingerprint density at radius 2 is 1.78 bits per heavy atom. The molecule has 106 valence electrons. The Labute approximate surface area is 111 Å². The fourth-order valence-corrected chi connectivity index (χ4v) is 2.45. The van der Waals surface area contributed by atoms with Crippen molar-refractivity contribution in [3.63, 3.8) is 0 Å². The molecule has 1 aliphatic rings. The van der Waals surface area contributed by atoms with E-state index >= 15 is 0 Å². The van der Waals surface area contributed by atoms with Gasteiger partial charge in [0.2, 0.25) is 0 Å². The third-order valence-corrected chi connectivity index (χ3v) is 3.26. The molecule has 4 heteroatoms. The number of hydrogen-bond acceptors (Lipinski definition) is 3. The lowest BCUT2D eigenvalue weighted by Crippen LogP contribution is -2.45. The van der Waals surface area contributed by atoms with Crippen molar-refractivity contribution in [2.75, 3.05) is 13.1 Å². The van der Waals surface area contributed by atoms with Crippen molar-refractivity contribution in [3.05, 3.63) is 0 Å². The number of amides is 1. The van der Waals surface area contributed by atoms with Crippen molar-refractivity contribution < 1.29 is 9.53 Å². The van der Waals surface area contributed by atoms with Crippen LogP contribution in [0.4, 0.5) is 4.79 Å². The Morgan fingerprint density at radius 1 is 1.22 bits per heavy atom. The van der Waals surface area contributed by atoms with Crippen LogP contribution in [0.3, 0.4) is 0 Å². The zero-order valence-electron chi connectivity index (χ0n) is 12.1. The van der Waals surface area contributed by atoms with Gasteiger partial charge in [0.1, 0.15) is 5.60 Å². The molecular formula is C14H28N2O2. The Balaban J connectivity index is 2.64. The van der Waals surface area contributed by atoms with Crippen molar-refractivity contribution in [1.82, 2.24) is 4.90 Å². The predicted octanol–water partition coefficient (Wildman–Crippen LogP) is 2.91. The maximum atomic E-state index is 12.2. The lowest BCUT2D eigenvalue weighted by molar-refractivity contribution is 0.0152. The minimum Gasteiger partial charge on any atom is -0.444 e. The summed E-state index contributed by atoms with van der Waals surface area (Å²) >= 11 is 0. The molecule has 0 atom stereocenters. The van der Waals surface area contributed by atoms with E-state index < -0.39 is 5.60 Å². The van der Waals surface area contributed by atoms with E-state index in [1.165, 1.54) is 25.7 Å². The molecule has 0 aromatic heterocycles. The SMILES string of the molecule is CC(C)(C)OC(=O)N(CCN)C1CCCCCC1. The molecule has 0 aliphatic heterocycles. The van der Waals surface area contributed by atoms with Gasteiger partial charge in [-0.05, 0) is 33.6 Å². The summed E-state index contributed by atoms with van der Waals surface area (Å²) in [5, 5.41) is 0. The Morgan fingerprint density at radius 3 is 2.22 bits per heavy atom. The monoisotopic (exact) mass is 256 g/mol. The van der Waals surface area contributed by atoms with E-state index in [-0.39, 0.29) is 6.09 Å². The van der Waals surface area contributed by atoms with Crippen molar-refractivity contribution >= 4 is 6.09 Å². The first-order valence-corrected chi connectivity index (χ1v) is 7.14. The van der Waals surface area contributed by atoms with E-state index in [0.29, 0.717) is 19.1 Å². The lowest BCUT2D eigenvalue weighted by atomic mass is 10.1. The molecule has 1 amide bonds. The summed E-state index contributed by atoms with van der Waals surface area (Å²) in [4.78, 5) is 14.1. The number of nitrogens with two attached hydrogens (primary N) is 1. The van der Waals surface area contributed by atoms with Gasteiger partial charge < -0.3 is 15.4 Å². The number of carbonyl (C=O) groups excluding carboxylic acids is 1. The van der Waals surface area contributed by atoms with Crippen LogP contribution in [-0.4, -0.2) is 35.7 Å². The van der Waals surface area contributed by atoms with Crippen molar-refractivity contribution in [3.8, 4) is 0 Å². The van der Waals surface area contributed by atoms with Crippen LogP contribution < -0.4 is 5.73 Å². The zero-order valence-corrected chi connectivity index (χ0v) is 12.1. The van der Waals surface area contributed by atoms with Crippen molar-refractivity contribution in [2.45, 2.75) is 70.9 Å². The van der Waals surface area contributed by atoms with Crippen LogP contribution in [0, 0.1) is 0 Å². The summed E-state index contributed by atoms with van der Waals surface area (Å²) in [7, 11) is 0. The van der Waals surface area contributed by atoms with Crippen LogP contribution in [0.15, 0.2) is 0 Å². The van der Waals surface area contributed by atoms with E-state index in [4.69, 9.17) is 10.5 Å². The second-order valence-electron chi connectivity index (χ2n) is 6.11. The van der Waals surface area contributed by atoms with Crippen LogP contribution in [-0.2, 0) is 4.74 Å². The maximum absolute atomic E-state index is 12.2. The largest absolute Gasteiger partial charge is 0.444 e. The summed E-state index contributed by atoms with van der Waals surface area (Å²) in [6, 6.07) is 0.311. The number of rotatable bonds is 3. The second-order valence-corrected chi connectivity index (χ2v) is 6.11. The van der Waals surface area contributed by atoms with E-state index in [9.17, 15) is 4.79 Å². The number of ether oxygens (including phenoxy) is 1. The van der Waals surface area contributed by atoms with Gasteiger partial charge in [0.15, 0.2) is 0 Å². The highest BCUT2D eigenvalue weighted by Gasteiger charge is 2.28. The van der Waals surface area contributed by atoms with Gasteiger partial charge >= 0.3 is 6.09 Å². The zero-order chi connectivity index (χ0) is 13.6. The minimum atomic E-state index is -0.436. The van der Waals surface area contributed by atoms with Gasteiger partial charge in [-0.3, -0.25) is 0 Å². The van der Waals surface area contributed by atoms with Gasteiger partial charge in [0.25, 0.3) is 0 Å². The third-order valence-electron chi connectivity index (χ3n) is 3.26. The lowest BCUT2D eigenvalue weighted by Gasteiger charge is -2.33. The molecule has 18 heavy (non-hydrogen) atoms. The van der Waals surface area contributed by atoms with E-state index in [2.05, 4.69) is 0 Å². The molecule has 1 aliphatic carbocycles. The van der Waals surface area contributed by atoms with Crippen LogP contribution in [0.2, 0.25) is 0 Å². The van der Waals surface area contributed by atoms with Crippen molar-refractivity contribution in [2.24, 2.45) is 5.73 Å². The van der Waals surface area contributed by atoms with Gasteiger partial charge in [-0.25, -0.2) is 4.79 Å².